The van der Waals surface area contributed by atoms with Gasteiger partial charge in [-0.3, -0.25) is 0 Å². The summed E-state index contributed by atoms with van der Waals surface area (Å²) in [5, 5.41) is 5.41. The average Bonchev–Trinajstić information content (AvgIpc) is 2.72. The highest BCUT2D eigenvalue weighted by Crippen LogP contribution is 2.36. The Labute approximate surface area is 120 Å². The highest BCUT2D eigenvalue weighted by atomic mass is 79.9. The van der Waals surface area contributed by atoms with Crippen molar-refractivity contribution in [2.75, 3.05) is 5.32 Å². The highest BCUT2D eigenvalue weighted by Gasteiger charge is 2.33. The van der Waals surface area contributed by atoms with E-state index in [1.807, 2.05) is 12.3 Å². The zero-order chi connectivity index (χ0) is 14.0. The third-order valence-electron chi connectivity index (χ3n) is 2.38. The molecule has 0 spiro atoms. The van der Waals surface area contributed by atoms with Gasteiger partial charge in [0, 0.05) is 21.2 Å². The Morgan fingerprint density at radius 3 is 2.68 bits per heavy atom. The summed E-state index contributed by atoms with van der Waals surface area (Å²) in [7, 11) is 0. The van der Waals surface area contributed by atoms with Crippen LogP contribution in [0.4, 0.5) is 18.9 Å². The summed E-state index contributed by atoms with van der Waals surface area (Å²) in [6.07, 6.45) is -4.38. The first-order valence-corrected chi connectivity index (χ1v) is 7.05. The molecule has 0 bridgehead atoms. The van der Waals surface area contributed by atoms with Gasteiger partial charge in [0.1, 0.15) is 5.01 Å². The van der Waals surface area contributed by atoms with Crippen molar-refractivity contribution in [2.45, 2.75) is 19.6 Å². The number of hydrogen-bond acceptors (Lipinski definition) is 3. The van der Waals surface area contributed by atoms with E-state index >= 15 is 0 Å². The lowest BCUT2D eigenvalue weighted by Gasteiger charge is -2.14. The SMILES string of the molecule is Cc1csc(CNc2ccc(Br)cc2C(F)(F)F)n1. The number of alkyl halides is 3. The standard InChI is InChI=1S/C12H10BrF3N2S/c1-7-6-19-11(18-7)5-17-10-3-2-8(13)4-9(10)12(14,15)16/h2-4,6,17H,5H2,1H3. The largest absolute Gasteiger partial charge is 0.418 e. The van der Waals surface area contributed by atoms with Crippen LogP contribution in [0, 0.1) is 6.92 Å². The van der Waals surface area contributed by atoms with Gasteiger partial charge in [0.15, 0.2) is 0 Å². The van der Waals surface area contributed by atoms with Crippen molar-refractivity contribution >= 4 is 33.0 Å². The second kappa shape index (κ2) is 5.50. The molecule has 0 aliphatic rings. The highest BCUT2D eigenvalue weighted by molar-refractivity contribution is 9.10. The van der Waals surface area contributed by atoms with Gasteiger partial charge in [-0.15, -0.1) is 11.3 Å². The fourth-order valence-electron chi connectivity index (χ4n) is 1.56. The molecule has 0 saturated carbocycles. The average molecular weight is 351 g/mol. The lowest BCUT2D eigenvalue weighted by atomic mass is 10.1. The van der Waals surface area contributed by atoms with Gasteiger partial charge >= 0.3 is 6.18 Å². The molecule has 1 aromatic carbocycles. The summed E-state index contributed by atoms with van der Waals surface area (Å²) in [4.78, 5) is 4.20. The third-order valence-corrected chi connectivity index (χ3v) is 3.84. The number of nitrogens with one attached hydrogen (secondary N) is 1. The molecule has 2 rings (SSSR count). The van der Waals surface area contributed by atoms with Crippen LogP contribution in [0.5, 0.6) is 0 Å². The zero-order valence-electron chi connectivity index (χ0n) is 9.88. The van der Waals surface area contributed by atoms with Gasteiger partial charge in [0.05, 0.1) is 12.1 Å². The summed E-state index contributed by atoms with van der Waals surface area (Å²) in [6.45, 7) is 2.13. The zero-order valence-corrected chi connectivity index (χ0v) is 12.3. The number of benzene rings is 1. The summed E-state index contributed by atoms with van der Waals surface area (Å²) < 4.78 is 39.1. The normalized spacial score (nSPS) is 11.6. The topological polar surface area (TPSA) is 24.9 Å². The molecule has 0 aliphatic heterocycles. The number of aryl methyl sites for hydroxylation is 1. The van der Waals surface area contributed by atoms with Gasteiger partial charge in [-0.05, 0) is 25.1 Å². The van der Waals surface area contributed by atoms with Crippen molar-refractivity contribution in [1.29, 1.82) is 0 Å². The van der Waals surface area contributed by atoms with E-state index in [9.17, 15) is 13.2 Å². The molecular formula is C12H10BrF3N2S. The first-order chi connectivity index (χ1) is 8.86. The number of rotatable bonds is 3. The second-order valence-electron chi connectivity index (χ2n) is 3.92. The van der Waals surface area contributed by atoms with Crippen LogP contribution in [0.2, 0.25) is 0 Å². The van der Waals surface area contributed by atoms with Gasteiger partial charge in [-0.2, -0.15) is 13.2 Å². The van der Waals surface area contributed by atoms with Gasteiger partial charge in [0.2, 0.25) is 0 Å². The molecule has 2 nitrogen and oxygen atoms in total. The van der Waals surface area contributed by atoms with Gasteiger partial charge < -0.3 is 5.32 Å². The van der Waals surface area contributed by atoms with Crippen LogP contribution in [-0.2, 0) is 12.7 Å². The minimum atomic E-state index is -4.38. The fraction of sp³-hybridized carbons (Fsp3) is 0.250. The van der Waals surface area contributed by atoms with Crippen LogP contribution < -0.4 is 5.32 Å². The predicted octanol–water partition coefficient (Wildman–Crippen LogP) is 4.84. The molecule has 0 radical (unpaired) electrons. The first-order valence-electron chi connectivity index (χ1n) is 5.38. The quantitative estimate of drug-likeness (QED) is 0.856. The van der Waals surface area contributed by atoms with Crippen molar-refractivity contribution in [1.82, 2.24) is 4.98 Å². The number of thiazole rings is 1. The number of halogens is 4. The summed E-state index contributed by atoms with van der Waals surface area (Å²) in [5.41, 5.74) is 0.243. The minimum Gasteiger partial charge on any atom is -0.378 e. The molecule has 0 atom stereocenters. The third kappa shape index (κ3) is 3.70. The maximum absolute atomic E-state index is 12.9. The molecule has 0 aliphatic carbocycles. The molecule has 19 heavy (non-hydrogen) atoms. The van der Waals surface area contributed by atoms with Crippen molar-refractivity contribution < 1.29 is 13.2 Å². The van der Waals surface area contributed by atoms with Crippen molar-refractivity contribution in [3.05, 3.63) is 44.3 Å². The predicted molar refractivity (Wildman–Crippen MR) is 73.3 cm³/mol. The van der Waals surface area contributed by atoms with E-state index in [-0.39, 0.29) is 12.2 Å². The van der Waals surface area contributed by atoms with Crippen molar-refractivity contribution in [2.24, 2.45) is 0 Å². The molecule has 0 saturated heterocycles. The number of aromatic nitrogens is 1. The number of nitrogens with zero attached hydrogens (tertiary/aromatic N) is 1. The van der Waals surface area contributed by atoms with E-state index in [0.717, 1.165) is 16.8 Å². The Hall–Kier alpha value is -1.08. The summed E-state index contributed by atoms with van der Waals surface area (Å²) in [5.74, 6) is 0. The molecule has 7 heteroatoms. The number of hydrogen-bond donors (Lipinski definition) is 1. The molecule has 1 heterocycles. The Morgan fingerprint density at radius 1 is 1.37 bits per heavy atom. The molecule has 102 valence electrons. The smallest absolute Gasteiger partial charge is 0.378 e. The Bertz CT molecular complexity index is 581. The maximum atomic E-state index is 12.9. The lowest BCUT2D eigenvalue weighted by Crippen LogP contribution is -2.10. The maximum Gasteiger partial charge on any atom is 0.418 e. The van der Waals surface area contributed by atoms with Crippen LogP contribution >= 0.6 is 27.3 Å². The van der Waals surface area contributed by atoms with Crippen LogP contribution in [0.1, 0.15) is 16.3 Å². The van der Waals surface area contributed by atoms with E-state index in [0.29, 0.717) is 4.47 Å². The molecule has 2 aromatic rings. The number of anilines is 1. The second-order valence-corrected chi connectivity index (χ2v) is 5.78. The van der Waals surface area contributed by atoms with Crippen molar-refractivity contribution in [3.63, 3.8) is 0 Å². The van der Waals surface area contributed by atoms with Crippen LogP contribution in [0.15, 0.2) is 28.1 Å². The lowest BCUT2D eigenvalue weighted by molar-refractivity contribution is -0.137. The van der Waals surface area contributed by atoms with E-state index in [4.69, 9.17) is 0 Å². The Kier molecular flexibility index (Phi) is 4.15. The van der Waals surface area contributed by atoms with Crippen LogP contribution in [0.25, 0.3) is 0 Å². The summed E-state index contributed by atoms with van der Waals surface area (Å²) >= 11 is 4.47. The van der Waals surface area contributed by atoms with Crippen LogP contribution in [-0.4, -0.2) is 4.98 Å². The molecular weight excluding hydrogens is 341 g/mol. The van der Waals surface area contributed by atoms with Crippen molar-refractivity contribution in [3.8, 4) is 0 Å². The molecule has 0 unspecified atom stereocenters. The van der Waals surface area contributed by atoms with E-state index in [1.165, 1.54) is 17.4 Å². The fourth-order valence-corrected chi connectivity index (χ4v) is 2.63. The first kappa shape index (κ1) is 14.3. The Morgan fingerprint density at radius 2 is 2.11 bits per heavy atom. The van der Waals surface area contributed by atoms with Gasteiger partial charge in [-0.25, -0.2) is 4.98 Å². The molecule has 0 fully saturated rings. The van der Waals surface area contributed by atoms with Gasteiger partial charge in [0.25, 0.3) is 0 Å². The monoisotopic (exact) mass is 350 g/mol. The summed E-state index contributed by atoms with van der Waals surface area (Å²) in [6, 6.07) is 4.05. The minimum absolute atomic E-state index is 0.0588. The van der Waals surface area contributed by atoms with E-state index in [2.05, 4.69) is 26.2 Å². The van der Waals surface area contributed by atoms with E-state index < -0.39 is 11.7 Å². The molecule has 0 amide bonds. The Balaban J connectivity index is 2.20. The van der Waals surface area contributed by atoms with Crippen LogP contribution in [0.3, 0.4) is 0 Å². The van der Waals surface area contributed by atoms with Gasteiger partial charge in [-0.1, -0.05) is 15.9 Å². The van der Waals surface area contributed by atoms with E-state index in [1.54, 1.807) is 6.07 Å². The molecule has 1 N–H and O–H groups in total. The molecule has 1 aromatic heterocycles.